The fraction of sp³-hybridized carbons (Fsp3) is 0.0667. The third-order valence-electron chi connectivity index (χ3n) is 2.82. The molecule has 4 heteroatoms. The molecular formula is C15H10FN3. The van der Waals surface area contributed by atoms with Crippen molar-refractivity contribution >= 4 is 11.4 Å². The number of hydrogen-bond donors (Lipinski definition) is 0. The van der Waals surface area contributed by atoms with Gasteiger partial charge in [-0.3, -0.25) is 0 Å². The van der Waals surface area contributed by atoms with Crippen molar-refractivity contribution in [2.75, 3.05) is 11.9 Å². The Bertz CT molecular complexity index is 695. The molecule has 0 spiro atoms. The zero-order valence-electron chi connectivity index (χ0n) is 10.3. The molecule has 0 atom stereocenters. The van der Waals surface area contributed by atoms with Crippen LogP contribution in [0.25, 0.3) is 0 Å². The van der Waals surface area contributed by atoms with Crippen molar-refractivity contribution in [1.82, 2.24) is 0 Å². The molecule has 19 heavy (non-hydrogen) atoms. The fourth-order valence-corrected chi connectivity index (χ4v) is 1.74. The summed E-state index contributed by atoms with van der Waals surface area (Å²) in [6, 6.07) is 15.3. The Morgan fingerprint density at radius 1 is 1.00 bits per heavy atom. The van der Waals surface area contributed by atoms with Crippen LogP contribution in [0.15, 0.2) is 42.5 Å². The predicted molar refractivity (Wildman–Crippen MR) is 70.3 cm³/mol. The first-order valence-corrected chi connectivity index (χ1v) is 5.59. The third-order valence-corrected chi connectivity index (χ3v) is 2.82. The largest absolute Gasteiger partial charge is 0.345 e. The molecule has 0 fully saturated rings. The molecule has 0 saturated heterocycles. The summed E-state index contributed by atoms with van der Waals surface area (Å²) in [4.78, 5) is 1.76. The fourth-order valence-electron chi connectivity index (χ4n) is 1.74. The molecule has 2 aromatic carbocycles. The van der Waals surface area contributed by atoms with E-state index in [1.54, 1.807) is 42.3 Å². The molecule has 0 aliphatic rings. The van der Waals surface area contributed by atoms with Gasteiger partial charge in [-0.1, -0.05) is 6.07 Å². The lowest BCUT2D eigenvalue weighted by Gasteiger charge is -2.19. The Morgan fingerprint density at radius 2 is 1.74 bits per heavy atom. The summed E-state index contributed by atoms with van der Waals surface area (Å²) in [5.74, 6) is -0.553. The first kappa shape index (κ1) is 12.6. The van der Waals surface area contributed by atoms with Gasteiger partial charge in [0.15, 0.2) is 0 Å². The number of anilines is 2. The maximum Gasteiger partial charge on any atom is 0.143 e. The molecule has 2 rings (SSSR count). The number of nitrogens with zero attached hydrogens (tertiary/aromatic N) is 3. The number of hydrogen-bond acceptors (Lipinski definition) is 3. The topological polar surface area (TPSA) is 50.8 Å². The molecule has 0 bridgehead atoms. The van der Waals surface area contributed by atoms with Crippen LogP contribution in [0, 0.1) is 28.5 Å². The van der Waals surface area contributed by atoms with Crippen LogP contribution >= 0.6 is 0 Å². The zero-order valence-corrected chi connectivity index (χ0v) is 10.3. The van der Waals surface area contributed by atoms with Crippen LogP contribution in [0.3, 0.4) is 0 Å². The van der Waals surface area contributed by atoms with E-state index in [0.29, 0.717) is 11.3 Å². The first-order chi connectivity index (χ1) is 9.15. The smallest absolute Gasteiger partial charge is 0.143 e. The summed E-state index contributed by atoms with van der Waals surface area (Å²) in [6.45, 7) is 0. The van der Waals surface area contributed by atoms with Gasteiger partial charge in [-0.25, -0.2) is 4.39 Å². The second-order valence-electron chi connectivity index (χ2n) is 4.00. The van der Waals surface area contributed by atoms with Gasteiger partial charge in [0.1, 0.15) is 11.9 Å². The second-order valence-corrected chi connectivity index (χ2v) is 4.00. The van der Waals surface area contributed by atoms with Gasteiger partial charge in [-0.05, 0) is 36.4 Å². The molecular weight excluding hydrogens is 241 g/mol. The van der Waals surface area contributed by atoms with Crippen molar-refractivity contribution in [2.45, 2.75) is 0 Å². The Hall–Kier alpha value is -2.85. The van der Waals surface area contributed by atoms with Crippen LogP contribution in [0.2, 0.25) is 0 Å². The molecule has 0 heterocycles. The highest BCUT2D eigenvalue weighted by molar-refractivity contribution is 5.64. The van der Waals surface area contributed by atoms with Gasteiger partial charge in [0, 0.05) is 18.4 Å². The van der Waals surface area contributed by atoms with E-state index < -0.39 is 5.82 Å². The Labute approximate surface area is 110 Å². The molecule has 2 aromatic rings. The van der Waals surface area contributed by atoms with E-state index in [0.717, 1.165) is 5.69 Å². The van der Waals surface area contributed by atoms with Crippen LogP contribution in [0.5, 0.6) is 0 Å². The molecule has 0 saturated carbocycles. The van der Waals surface area contributed by atoms with Gasteiger partial charge in [0.25, 0.3) is 0 Å². The van der Waals surface area contributed by atoms with E-state index >= 15 is 0 Å². The van der Waals surface area contributed by atoms with E-state index in [9.17, 15) is 4.39 Å². The standard InChI is InChI=1S/C15H10FN3/c1-19(13-4-2-3-11(7-13)9-17)14-6-5-12(10-18)15(16)8-14/h2-8H,1H3. The second kappa shape index (κ2) is 5.20. The first-order valence-electron chi connectivity index (χ1n) is 5.59. The predicted octanol–water partition coefficient (Wildman–Crippen LogP) is 3.34. The highest BCUT2D eigenvalue weighted by atomic mass is 19.1. The SMILES string of the molecule is CN(c1cccc(C#N)c1)c1ccc(C#N)c(F)c1. The lowest BCUT2D eigenvalue weighted by Crippen LogP contribution is -2.10. The number of nitriles is 2. The van der Waals surface area contributed by atoms with Crippen LogP contribution in [0.4, 0.5) is 15.8 Å². The van der Waals surface area contributed by atoms with Crippen molar-refractivity contribution in [1.29, 1.82) is 10.5 Å². The monoisotopic (exact) mass is 251 g/mol. The molecule has 3 nitrogen and oxygen atoms in total. The highest BCUT2D eigenvalue weighted by Gasteiger charge is 2.08. The van der Waals surface area contributed by atoms with Gasteiger partial charge in [0.2, 0.25) is 0 Å². The lowest BCUT2D eigenvalue weighted by molar-refractivity contribution is 0.624. The Balaban J connectivity index is 2.39. The maximum absolute atomic E-state index is 13.6. The lowest BCUT2D eigenvalue weighted by atomic mass is 10.1. The van der Waals surface area contributed by atoms with E-state index in [1.165, 1.54) is 12.1 Å². The quantitative estimate of drug-likeness (QED) is 0.822. The van der Waals surface area contributed by atoms with Crippen LogP contribution in [0.1, 0.15) is 11.1 Å². The number of rotatable bonds is 2. The summed E-state index contributed by atoms with van der Waals surface area (Å²) in [5, 5.41) is 17.6. The Morgan fingerprint density at radius 3 is 2.37 bits per heavy atom. The molecule has 0 aliphatic heterocycles. The minimum absolute atomic E-state index is 0.0166. The van der Waals surface area contributed by atoms with Gasteiger partial charge >= 0.3 is 0 Å². The summed E-state index contributed by atoms with van der Waals surface area (Å²) in [5.41, 5.74) is 1.95. The van der Waals surface area contributed by atoms with E-state index in [1.807, 2.05) is 6.07 Å². The minimum atomic E-state index is -0.553. The van der Waals surface area contributed by atoms with Crippen molar-refractivity contribution in [3.05, 3.63) is 59.4 Å². The van der Waals surface area contributed by atoms with Gasteiger partial charge in [-0.2, -0.15) is 10.5 Å². The van der Waals surface area contributed by atoms with Crippen molar-refractivity contribution in [2.24, 2.45) is 0 Å². The summed E-state index contributed by atoms with van der Waals surface area (Å²) >= 11 is 0. The van der Waals surface area contributed by atoms with Crippen LogP contribution < -0.4 is 4.90 Å². The van der Waals surface area contributed by atoms with E-state index in [2.05, 4.69) is 6.07 Å². The zero-order chi connectivity index (χ0) is 13.8. The van der Waals surface area contributed by atoms with Crippen LogP contribution in [-0.2, 0) is 0 Å². The number of benzene rings is 2. The molecule has 0 aromatic heterocycles. The van der Waals surface area contributed by atoms with Crippen molar-refractivity contribution in [3.8, 4) is 12.1 Å². The van der Waals surface area contributed by atoms with Gasteiger partial charge in [0.05, 0.1) is 17.2 Å². The van der Waals surface area contributed by atoms with E-state index in [4.69, 9.17) is 10.5 Å². The van der Waals surface area contributed by atoms with Crippen molar-refractivity contribution < 1.29 is 4.39 Å². The van der Waals surface area contributed by atoms with Crippen LogP contribution in [-0.4, -0.2) is 7.05 Å². The summed E-state index contributed by atoms with van der Waals surface area (Å²) < 4.78 is 13.6. The Kier molecular flexibility index (Phi) is 3.45. The minimum Gasteiger partial charge on any atom is -0.345 e. The summed E-state index contributed by atoms with van der Waals surface area (Å²) in [7, 11) is 1.78. The molecule has 92 valence electrons. The normalized spacial score (nSPS) is 9.47. The van der Waals surface area contributed by atoms with E-state index in [-0.39, 0.29) is 5.56 Å². The highest BCUT2D eigenvalue weighted by Crippen LogP contribution is 2.25. The number of halogens is 1. The van der Waals surface area contributed by atoms with Crippen molar-refractivity contribution in [3.63, 3.8) is 0 Å². The maximum atomic E-state index is 13.6. The summed E-state index contributed by atoms with van der Waals surface area (Å²) in [6.07, 6.45) is 0. The van der Waals surface area contributed by atoms with Gasteiger partial charge < -0.3 is 4.90 Å². The van der Waals surface area contributed by atoms with Gasteiger partial charge in [-0.15, -0.1) is 0 Å². The third kappa shape index (κ3) is 2.53. The average Bonchev–Trinajstić information content (AvgIpc) is 2.46. The molecule has 0 aliphatic carbocycles. The molecule has 0 unspecified atom stereocenters. The molecule has 0 N–H and O–H groups in total. The molecule has 0 radical (unpaired) electrons. The average molecular weight is 251 g/mol. The molecule has 0 amide bonds.